The topological polar surface area (TPSA) is 26.0 Å². The lowest BCUT2D eigenvalue weighted by Gasteiger charge is -2.18. The van der Waals surface area contributed by atoms with Gasteiger partial charge in [-0.05, 0) is 42.7 Å². The van der Waals surface area contributed by atoms with Gasteiger partial charge in [-0.25, -0.2) is 0 Å². The molecule has 15 heavy (non-hydrogen) atoms. The van der Waals surface area contributed by atoms with Crippen molar-refractivity contribution >= 4 is 11.6 Å². The van der Waals surface area contributed by atoms with Crippen LogP contribution in [0.1, 0.15) is 25.3 Å². The second kappa shape index (κ2) is 4.54. The largest absolute Gasteiger partial charge is 0.327 e. The van der Waals surface area contributed by atoms with Gasteiger partial charge in [0.05, 0.1) is 0 Å². The van der Waals surface area contributed by atoms with Gasteiger partial charge in [0.25, 0.3) is 0 Å². The highest BCUT2D eigenvalue weighted by Gasteiger charge is 2.30. The first-order chi connectivity index (χ1) is 7.18. The lowest BCUT2D eigenvalue weighted by Crippen LogP contribution is -2.25. The monoisotopic (exact) mass is 223 g/mol. The summed E-state index contributed by atoms with van der Waals surface area (Å²) in [6, 6.07) is 8.52. The molecule has 1 nitrogen and oxygen atoms in total. The molecule has 0 radical (unpaired) electrons. The van der Waals surface area contributed by atoms with Gasteiger partial charge >= 0.3 is 0 Å². The summed E-state index contributed by atoms with van der Waals surface area (Å²) in [6.07, 6.45) is 3.48. The van der Waals surface area contributed by atoms with Gasteiger partial charge in [0.2, 0.25) is 0 Å². The van der Waals surface area contributed by atoms with Crippen LogP contribution in [-0.2, 0) is 6.42 Å². The third-order valence-corrected chi connectivity index (χ3v) is 4.10. The molecule has 2 heteroatoms. The SMILES string of the molecule is CC1C(N)CCC1Cc1ccccc1Cl. The first kappa shape index (κ1) is 11.0. The maximum absolute atomic E-state index is 6.16. The van der Waals surface area contributed by atoms with E-state index >= 15 is 0 Å². The van der Waals surface area contributed by atoms with E-state index < -0.39 is 0 Å². The molecular weight excluding hydrogens is 206 g/mol. The summed E-state index contributed by atoms with van der Waals surface area (Å²) in [5.74, 6) is 1.33. The second-order valence-electron chi connectivity index (χ2n) is 4.66. The van der Waals surface area contributed by atoms with Gasteiger partial charge < -0.3 is 5.73 Å². The molecule has 2 rings (SSSR count). The summed E-state index contributed by atoms with van der Waals surface area (Å²) in [7, 11) is 0. The Bertz CT molecular complexity index is 337. The average molecular weight is 224 g/mol. The van der Waals surface area contributed by atoms with Crippen LogP contribution in [0.5, 0.6) is 0 Å². The van der Waals surface area contributed by atoms with Crippen molar-refractivity contribution in [2.45, 2.75) is 32.2 Å². The summed E-state index contributed by atoms with van der Waals surface area (Å²) < 4.78 is 0. The quantitative estimate of drug-likeness (QED) is 0.819. The maximum Gasteiger partial charge on any atom is 0.0438 e. The van der Waals surface area contributed by atoms with Crippen molar-refractivity contribution in [3.05, 3.63) is 34.9 Å². The standard InChI is InChI=1S/C13H18ClN/c1-9-10(6-7-13(9)15)8-11-4-2-3-5-12(11)14/h2-5,9-10,13H,6-8,15H2,1H3. The van der Waals surface area contributed by atoms with Crippen LogP contribution in [0.15, 0.2) is 24.3 Å². The third-order valence-electron chi connectivity index (χ3n) is 3.73. The maximum atomic E-state index is 6.16. The van der Waals surface area contributed by atoms with Crippen molar-refractivity contribution in [2.75, 3.05) is 0 Å². The fourth-order valence-electron chi connectivity index (χ4n) is 2.52. The van der Waals surface area contributed by atoms with Gasteiger partial charge in [0, 0.05) is 11.1 Å². The van der Waals surface area contributed by atoms with E-state index in [0.29, 0.717) is 17.9 Å². The highest BCUT2D eigenvalue weighted by atomic mass is 35.5. The second-order valence-corrected chi connectivity index (χ2v) is 5.06. The normalized spacial score (nSPS) is 30.7. The van der Waals surface area contributed by atoms with Crippen LogP contribution in [0.3, 0.4) is 0 Å². The average Bonchev–Trinajstić information content (AvgIpc) is 2.53. The molecule has 1 aliphatic carbocycles. The number of nitrogens with two attached hydrogens (primary N) is 1. The molecule has 0 heterocycles. The molecule has 0 amide bonds. The Morgan fingerprint density at radius 1 is 1.33 bits per heavy atom. The Morgan fingerprint density at radius 2 is 2.07 bits per heavy atom. The third kappa shape index (κ3) is 2.35. The van der Waals surface area contributed by atoms with Crippen LogP contribution in [-0.4, -0.2) is 6.04 Å². The van der Waals surface area contributed by atoms with Crippen LogP contribution in [0.25, 0.3) is 0 Å². The van der Waals surface area contributed by atoms with E-state index in [-0.39, 0.29) is 0 Å². The molecule has 0 saturated heterocycles. The number of benzene rings is 1. The Balaban J connectivity index is 2.07. The molecule has 2 N–H and O–H groups in total. The Kier molecular flexibility index (Phi) is 3.32. The zero-order chi connectivity index (χ0) is 10.8. The van der Waals surface area contributed by atoms with Gasteiger partial charge in [-0.1, -0.05) is 36.7 Å². The molecule has 0 aromatic heterocycles. The fraction of sp³-hybridized carbons (Fsp3) is 0.538. The molecule has 0 bridgehead atoms. The molecule has 0 aliphatic heterocycles. The zero-order valence-corrected chi connectivity index (χ0v) is 9.87. The van der Waals surface area contributed by atoms with E-state index in [2.05, 4.69) is 19.1 Å². The predicted octanol–water partition coefficient (Wildman–Crippen LogP) is 3.26. The minimum Gasteiger partial charge on any atom is -0.327 e. The Morgan fingerprint density at radius 3 is 2.67 bits per heavy atom. The van der Waals surface area contributed by atoms with Gasteiger partial charge in [0.1, 0.15) is 0 Å². The van der Waals surface area contributed by atoms with Crippen molar-refractivity contribution in [1.82, 2.24) is 0 Å². The van der Waals surface area contributed by atoms with Gasteiger partial charge in [-0.15, -0.1) is 0 Å². The van der Waals surface area contributed by atoms with Gasteiger partial charge in [-0.3, -0.25) is 0 Å². The van der Waals surface area contributed by atoms with Crippen molar-refractivity contribution in [1.29, 1.82) is 0 Å². The number of hydrogen-bond acceptors (Lipinski definition) is 1. The zero-order valence-electron chi connectivity index (χ0n) is 9.12. The highest BCUT2D eigenvalue weighted by molar-refractivity contribution is 6.31. The van der Waals surface area contributed by atoms with Crippen LogP contribution in [0.4, 0.5) is 0 Å². The van der Waals surface area contributed by atoms with Gasteiger partial charge in [0.15, 0.2) is 0 Å². The first-order valence-corrected chi connectivity index (χ1v) is 6.05. The van der Waals surface area contributed by atoms with Crippen LogP contribution in [0, 0.1) is 11.8 Å². The molecule has 3 atom stereocenters. The van der Waals surface area contributed by atoms with Crippen molar-refractivity contribution in [3.8, 4) is 0 Å². The van der Waals surface area contributed by atoms with E-state index in [1.807, 2.05) is 12.1 Å². The van der Waals surface area contributed by atoms with Gasteiger partial charge in [-0.2, -0.15) is 0 Å². The van der Waals surface area contributed by atoms with Crippen LogP contribution in [0.2, 0.25) is 5.02 Å². The molecule has 3 unspecified atom stereocenters. The Labute approximate surface area is 96.6 Å². The molecule has 1 saturated carbocycles. The van der Waals surface area contributed by atoms with E-state index in [4.69, 9.17) is 17.3 Å². The van der Waals surface area contributed by atoms with Crippen LogP contribution >= 0.6 is 11.6 Å². The number of rotatable bonds is 2. The van der Waals surface area contributed by atoms with E-state index in [1.54, 1.807) is 0 Å². The van der Waals surface area contributed by atoms with Crippen molar-refractivity contribution in [2.24, 2.45) is 17.6 Å². The molecule has 1 aliphatic rings. The van der Waals surface area contributed by atoms with Crippen molar-refractivity contribution in [3.63, 3.8) is 0 Å². The molecule has 1 fully saturated rings. The Hall–Kier alpha value is -0.530. The minimum atomic E-state index is 0.387. The number of halogens is 1. The molecule has 82 valence electrons. The van der Waals surface area contributed by atoms with E-state index in [1.165, 1.54) is 12.0 Å². The molecule has 1 aromatic carbocycles. The lowest BCUT2D eigenvalue weighted by atomic mass is 9.90. The molecule has 0 spiro atoms. The fourth-order valence-corrected chi connectivity index (χ4v) is 2.73. The van der Waals surface area contributed by atoms with Crippen molar-refractivity contribution < 1.29 is 0 Å². The predicted molar refractivity (Wildman–Crippen MR) is 65.0 cm³/mol. The van der Waals surface area contributed by atoms with E-state index in [0.717, 1.165) is 17.9 Å². The molecular formula is C13H18ClN. The summed E-state index contributed by atoms with van der Waals surface area (Å²) in [5, 5.41) is 0.894. The minimum absolute atomic E-state index is 0.387. The van der Waals surface area contributed by atoms with E-state index in [9.17, 15) is 0 Å². The lowest BCUT2D eigenvalue weighted by molar-refractivity contribution is 0.390. The smallest absolute Gasteiger partial charge is 0.0438 e. The highest BCUT2D eigenvalue weighted by Crippen LogP contribution is 2.34. The number of hydrogen-bond donors (Lipinski definition) is 1. The summed E-state index contributed by atoms with van der Waals surface area (Å²) >= 11 is 6.16. The summed E-state index contributed by atoms with van der Waals surface area (Å²) in [6.45, 7) is 2.26. The summed E-state index contributed by atoms with van der Waals surface area (Å²) in [4.78, 5) is 0. The summed E-state index contributed by atoms with van der Waals surface area (Å²) in [5.41, 5.74) is 7.30. The first-order valence-electron chi connectivity index (χ1n) is 5.67. The van der Waals surface area contributed by atoms with Crippen LogP contribution < -0.4 is 5.73 Å². The molecule has 1 aromatic rings.